The predicted molar refractivity (Wildman–Crippen MR) is 93.9 cm³/mol. The molecular formula is C17H17N9. The molecule has 5 rings (SSSR count). The van der Waals surface area contributed by atoms with E-state index in [4.69, 9.17) is 5.10 Å². The molecule has 9 heteroatoms. The van der Waals surface area contributed by atoms with Gasteiger partial charge in [0, 0.05) is 37.6 Å². The highest BCUT2D eigenvalue weighted by Crippen LogP contribution is 2.21. The summed E-state index contributed by atoms with van der Waals surface area (Å²) in [5.41, 5.74) is 4.17. The first-order valence-corrected chi connectivity index (χ1v) is 8.48. The summed E-state index contributed by atoms with van der Waals surface area (Å²) >= 11 is 0. The molecule has 130 valence electrons. The molecule has 0 saturated heterocycles. The maximum Gasteiger partial charge on any atom is 0.204 e. The Morgan fingerprint density at radius 2 is 2.19 bits per heavy atom. The largest absolute Gasteiger partial charge is 0.325 e. The Hall–Kier alpha value is -3.33. The Morgan fingerprint density at radius 3 is 3.08 bits per heavy atom. The van der Waals surface area contributed by atoms with Crippen LogP contribution in [-0.4, -0.2) is 46.5 Å². The first-order valence-electron chi connectivity index (χ1n) is 8.48. The van der Waals surface area contributed by atoms with Crippen LogP contribution in [0.2, 0.25) is 0 Å². The van der Waals surface area contributed by atoms with Gasteiger partial charge in [0.15, 0.2) is 5.82 Å². The van der Waals surface area contributed by atoms with Crippen LogP contribution < -0.4 is 5.32 Å². The number of nitrogens with zero attached hydrogens (tertiary/aromatic N) is 7. The lowest BCUT2D eigenvalue weighted by Crippen LogP contribution is -2.28. The smallest absolute Gasteiger partial charge is 0.204 e. The molecule has 1 aliphatic rings. The molecule has 0 spiro atoms. The molecule has 2 N–H and O–H groups in total. The number of aromatic nitrogens is 8. The van der Waals surface area contributed by atoms with Crippen molar-refractivity contribution in [2.45, 2.75) is 19.6 Å². The summed E-state index contributed by atoms with van der Waals surface area (Å²) < 4.78 is 4.17. The van der Waals surface area contributed by atoms with Crippen LogP contribution in [0.25, 0.3) is 22.9 Å². The monoisotopic (exact) mass is 347 g/mol. The quantitative estimate of drug-likeness (QED) is 0.573. The zero-order chi connectivity index (χ0) is 17.3. The molecule has 1 aliphatic heterocycles. The molecule has 0 fully saturated rings. The van der Waals surface area contributed by atoms with Gasteiger partial charge in [-0.3, -0.25) is 4.68 Å². The maximum atomic E-state index is 4.71. The third-order valence-corrected chi connectivity index (χ3v) is 4.50. The van der Waals surface area contributed by atoms with Crippen LogP contribution in [-0.2, 0) is 19.6 Å². The molecule has 0 saturated carbocycles. The Bertz CT molecular complexity index is 1000. The first kappa shape index (κ1) is 15.0. The van der Waals surface area contributed by atoms with Crippen LogP contribution in [0.4, 0.5) is 0 Å². The van der Waals surface area contributed by atoms with E-state index in [2.05, 4.69) is 58.4 Å². The van der Waals surface area contributed by atoms with E-state index in [1.165, 1.54) is 5.69 Å². The van der Waals surface area contributed by atoms with Gasteiger partial charge in [0.1, 0.15) is 5.69 Å². The first-order chi connectivity index (χ1) is 12.9. The van der Waals surface area contributed by atoms with E-state index in [1.54, 1.807) is 0 Å². The van der Waals surface area contributed by atoms with Crippen LogP contribution in [0.5, 0.6) is 0 Å². The zero-order valence-electron chi connectivity index (χ0n) is 14.0. The van der Waals surface area contributed by atoms with E-state index in [0.717, 1.165) is 42.3 Å². The van der Waals surface area contributed by atoms with Crippen molar-refractivity contribution in [3.63, 3.8) is 0 Å². The van der Waals surface area contributed by atoms with Crippen molar-refractivity contribution >= 4 is 0 Å². The number of nitrogens with one attached hydrogen (secondary N) is 2. The number of rotatable bonds is 4. The average molecular weight is 347 g/mol. The number of aromatic amines is 1. The summed E-state index contributed by atoms with van der Waals surface area (Å²) in [6, 6.07) is 10.2. The normalized spacial score (nSPS) is 13.7. The minimum absolute atomic E-state index is 0.590. The van der Waals surface area contributed by atoms with E-state index < -0.39 is 0 Å². The van der Waals surface area contributed by atoms with E-state index in [1.807, 2.05) is 24.5 Å². The lowest BCUT2D eigenvalue weighted by atomic mass is 10.1. The number of imidazole rings is 1. The molecule has 0 aliphatic carbocycles. The van der Waals surface area contributed by atoms with Crippen molar-refractivity contribution in [2.24, 2.45) is 0 Å². The van der Waals surface area contributed by atoms with Crippen LogP contribution in [0.1, 0.15) is 11.3 Å². The van der Waals surface area contributed by atoms with Crippen molar-refractivity contribution in [3.05, 3.63) is 54.0 Å². The summed E-state index contributed by atoms with van der Waals surface area (Å²) in [5.74, 6) is 1.46. The van der Waals surface area contributed by atoms with Crippen LogP contribution in [0, 0.1) is 0 Å². The number of tetrazole rings is 1. The van der Waals surface area contributed by atoms with Gasteiger partial charge in [-0.1, -0.05) is 18.2 Å². The molecule has 1 aromatic carbocycles. The van der Waals surface area contributed by atoms with Gasteiger partial charge in [0.2, 0.25) is 5.82 Å². The van der Waals surface area contributed by atoms with Gasteiger partial charge >= 0.3 is 0 Å². The topological polar surface area (TPSA) is 102 Å². The summed E-state index contributed by atoms with van der Waals surface area (Å²) in [6.07, 6.45) is 3.79. The standard InChI is InChI=1S/C17H17N9/c1-2-12(8-13(3-1)16-20-23-24-21-16)11-25-6-5-19-17(25)15-9-14-10-18-4-7-26(14)22-15/h1-3,5-6,8-9,18H,4,7,10-11H2,(H,20,21,23,24). The molecule has 0 radical (unpaired) electrons. The molecule has 0 unspecified atom stereocenters. The Kier molecular flexibility index (Phi) is 3.56. The van der Waals surface area contributed by atoms with Crippen LogP contribution >= 0.6 is 0 Å². The highest BCUT2D eigenvalue weighted by molar-refractivity contribution is 5.55. The fourth-order valence-electron chi connectivity index (χ4n) is 3.26. The molecule has 0 bridgehead atoms. The minimum Gasteiger partial charge on any atom is -0.325 e. The van der Waals surface area contributed by atoms with Crippen molar-refractivity contribution in [3.8, 4) is 22.9 Å². The van der Waals surface area contributed by atoms with Crippen molar-refractivity contribution in [1.82, 2.24) is 45.3 Å². The van der Waals surface area contributed by atoms with Gasteiger partial charge in [0.05, 0.1) is 12.2 Å². The third-order valence-electron chi connectivity index (χ3n) is 4.50. The maximum absolute atomic E-state index is 4.71. The lowest BCUT2D eigenvalue weighted by molar-refractivity contribution is 0.476. The van der Waals surface area contributed by atoms with Crippen molar-refractivity contribution < 1.29 is 0 Å². The molecule has 4 heterocycles. The summed E-state index contributed by atoms with van der Waals surface area (Å²) in [4.78, 5) is 4.53. The summed E-state index contributed by atoms with van der Waals surface area (Å²) in [7, 11) is 0. The van der Waals surface area contributed by atoms with Gasteiger partial charge in [-0.25, -0.2) is 4.98 Å². The number of hydrogen-bond acceptors (Lipinski definition) is 6. The molecule has 4 aromatic rings. The summed E-state index contributed by atoms with van der Waals surface area (Å²) in [5, 5.41) is 22.3. The Labute approximate surface area is 149 Å². The van der Waals surface area contributed by atoms with E-state index in [0.29, 0.717) is 12.4 Å². The Balaban J connectivity index is 1.45. The SMILES string of the molecule is c1cc(Cn2ccnc2-c2cc3n(n2)CCNC3)cc(-c2nn[nH]n2)c1. The second kappa shape index (κ2) is 6.19. The lowest BCUT2D eigenvalue weighted by Gasteiger charge is -2.13. The number of benzene rings is 1. The van der Waals surface area contributed by atoms with E-state index in [9.17, 15) is 0 Å². The highest BCUT2D eigenvalue weighted by atomic mass is 15.5. The minimum atomic E-state index is 0.590. The number of hydrogen-bond donors (Lipinski definition) is 2. The van der Waals surface area contributed by atoms with Crippen molar-refractivity contribution in [1.29, 1.82) is 0 Å². The molecule has 26 heavy (non-hydrogen) atoms. The molecule has 9 nitrogen and oxygen atoms in total. The third kappa shape index (κ3) is 2.68. The van der Waals surface area contributed by atoms with Gasteiger partial charge in [-0.05, 0) is 22.9 Å². The van der Waals surface area contributed by atoms with E-state index >= 15 is 0 Å². The van der Waals surface area contributed by atoms with E-state index in [-0.39, 0.29) is 0 Å². The van der Waals surface area contributed by atoms with Crippen LogP contribution in [0.15, 0.2) is 42.7 Å². The second-order valence-corrected chi connectivity index (χ2v) is 6.24. The molecule has 0 amide bonds. The number of H-pyrrole nitrogens is 1. The van der Waals surface area contributed by atoms with Crippen LogP contribution in [0.3, 0.4) is 0 Å². The fourth-order valence-corrected chi connectivity index (χ4v) is 3.26. The second-order valence-electron chi connectivity index (χ2n) is 6.24. The van der Waals surface area contributed by atoms with Gasteiger partial charge in [-0.15, -0.1) is 10.2 Å². The molecule has 3 aromatic heterocycles. The van der Waals surface area contributed by atoms with Gasteiger partial charge in [-0.2, -0.15) is 10.3 Å². The predicted octanol–water partition coefficient (Wildman–Crippen LogP) is 1.08. The number of fused-ring (bicyclic) bond motifs is 1. The van der Waals surface area contributed by atoms with Crippen molar-refractivity contribution in [2.75, 3.05) is 6.54 Å². The fraction of sp³-hybridized carbons (Fsp3) is 0.235. The average Bonchev–Trinajstić information content (AvgIpc) is 3.41. The van der Waals surface area contributed by atoms with Gasteiger partial charge < -0.3 is 9.88 Å². The zero-order valence-corrected chi connectivity index (χ0v) is 14.0. The molecular weight excluding hydrogens is 330 g/mol. The highest BCUT2D eigenvalue weighted by Gasteiger charge is 2.16. The molecule has 0 atom stereocenters. The Morgan fingerprint density at radius 1 is 1.19 bits per heavy atom. The van der Waals surface area contributed by atoms with Gasteiger partial charge in [0.25, 0.3) is 0 Å². The summed E-state index contributed by atoms with van der Waals surface area (Å²) in [6.45, 7) is 3.39.